The van der Waals surface area contributed by atoms with E-state index < -0.39 is 16.8 Å². The van der Waals surface area contributed by atoms with Crippen LogP contribution < -0.4 is 10.6 Å². The molecule has 3 heterocycles. The second kappa shape index (κ2) is 9.64. The van der Waals surface area contributed by atoms with Crippen molar-refractivity contribution in [3.8, 4) is 5.69 Å². The first-order valence-corrected chi connectivity index (χ1v) is 13.4. The number of rotatable bonds is 7. The van der Waals surface area contributed by atoms with E-state index in [1.807, 2.05) is 25.2 Å². The highest BCUT2D eigenvalue weighted by Gasteiger charge is 2.38. The number of halogens is 1. The van der Waals surface area contributed by atoms with E-state index in [0.29, 0.717) is 42.1 Å². The smallest absolute Gasteiger partial charge is 0.229 e. The van der Waals surface area contributed by atoms with Gasteiger partial charge in [0.15, 0.2) is 5.82 Å². The van der Waals surface area contributed by atoms with Gasteiger partial charge < -0.3 is 10.6 Å². The highest BCUT2D eigenvalue weighted by Crippen LogP contribution is 2.39. The Hall–Kier alpha value is -3.70. The van der Waals surface area contributed by atoms with Gasteiger partial charge >= 0.3 is 0 Å². The molecule has 1 fully saturated rings. The van der Waals surface area contributed by atoms with Crippen LogP contribution in [-0.4, -0.2) is 52.1 Å². The summed E-state index contributed by atoms with van der Waals surface area (Å²) < 4.78 is 31.6. The first-order chi connectivity index (χ1) is 18.0. The van der Waals surface area contributed by atoms with Crippen molar-refractivity contribution in [2.75, 3.05) is 24.2 Å². The molecule has 2 N–H and O–H groups in total. The van der Waals surface area contributed by atoms with Crippen LogP contribution in [0.1, 0.15) is 41.4 Å². The highest BCUT2D eigenvalue weighted by molar-refractivity contribution is 7.83. The average Bonchev–Trinajstić information content (AvgIpc) is 3.68. The van der Waals surface area contributed by atoms with E-state index in [4.69, 9.17) is 4.98 Å². The quantitative estimate of drug-likeness (QED) is 0.380. The Bertz CT molecular complexity index is 1470. The van der Waals surface area contributed by atoms with Crippen molar-refractivity contribution >= 4 is 28.4 Å². The van der Waals surface area contributed by atoms with Crippen molar-refractivity contribution in [1.82, 2.24) is 29.0 Å². The van der Waals surface area contributed by atoms with Crippen LogP contribution in [0.5, 0.6) is 0 Å². The third-order valence-corrected chi connectivity index (χ3v) is 8.57. The fraction of sp³-hybridized carbons (Fsp3) is 0.308. The maximum absolute atomic E-state index is 15.0. The molecule has 11 heteroatoms. The molecule has 6 rings (SSSR count). The van der Waals surface area contributed by atoms with E-state index in [1.54, 1.807) is 19.1 Å². The number of benzene rings is 2. The topological polar surface area (TPSA) is 101 Å². The Morgan fingerprint density at radius 2 is 1.92 bits per heavy atom. The maximum atomic E-state index is 15.0. The number of hydrogen-bond donors (Lipinski definition) is 2. The normalized spacial score (nSPS) is 18.3. The van der Waals surface area contributed by atoms with Crippen molar-refractivity contribution in [1.29, 1.82) is 0 Å². The molecule has 1 aliphatic heterocycles. The summed E-state index contributed by atoms with van der Waals surface area (Å²) in [4.78, 5) is 13.7. The van der Waals surface area contributed by atoms with Crippen LogP contribution in [0.4, 0.5) is 21.8 Å². The average molecular weight is 519 g/mol. The molecule has 37 heavy (non-hydrogen) atoms. The molecular weight excluding hydrogens is 491 g/mol. The molecule has 0 saturated heterocycles. The first-order valence-electron chi connectivity index (χ1n) is 12.2. The number of aromatic nitrogens is 5. The van der Waals surface area contributed by atoms with Crippen LogP contribution in [0.3, 0.4) is 0 Å². The zero-order valence-corrected chi connectivity index (χ0v) is 21.4. The monoisotopic (exact) mass is 518 g/mol. The second-order valence-corrected chi connectivity index (χ2v) is 11.0. The molecule has 0 spiro atoms. The van der Waals surface area contributed by atoms with Crippen LogP contribution in [0.2, 0.25) is 0 Å². The minimum atomic E-state index is -1.03. The summed E-state index contributed by atoms with van der Waals surface area (Å²) in [6, 6.07) is 15.0. The van der Waals surface area contributed by atoms with Gasteiger partial charge in [0.1, 0.15) is 23.7 Å². The summed E-state index contributed by atoms with van der Waals surface area (Å²) >= 11 is 0. The Balaban J connectivity index is 1.36. The van der Waals surface area contributed by atoms with Crippen molar-refractivity contribution in [3.63, 3.8) is 0 Å². The minimum absolute atomic E-state index is 0.0716. The summed E-state index contributed by atoms with van der Waals surface area (Å²) in [5, 5.41) is 10.7. The van der Waals surface area contributed by atoms with E-state index in [1.165, 1.54) is 17.1 Å². The van der Waals surface area contributed by atoms with E-state index in [2.05, 4.69) is 42.1 Å². The molecule has 0 amide bonds. The molecule has 2 unspecified atom stereocenters. The SMILES string of the molecule is CNc1nc(Nc2ccc(-n3ncnc3C)c(F)c2)nc2c1CN(S(=O)C1CC1)CC2c1ccccc1. The van der Waals surface area contributed by atoms with Gasteiger partial charge in [0.2, 0.25) is 5.95 Å². The van der Waals surface area contributed by atoms with Gasteiger partial charge in [-0.2, -0.15) is 10.1 Å². The fourth-order valence-corrected chi connectivity index (χ4v) is 6.24. The van der Waals surface area contributed by atoms with Crippen LogP contribution in [-0.2, 0) is 17.5 Å². The predicted octanol–water partition coefficient (Wildman–Crippen LogP) is 4.06. The second-order valence-electron chi connectivity index (χ2n) is 9.28. The van der Waals surface area contributed by atoms with E-state index in [9.17, 15) is 8.60 Å². The van der Waals surface area contributed by atoms with Crippen LogP contribution >= 0.6 is 0 Å². The maximum Gasteiger partial charge on any atom is 0.229 e. The molecule has 1 saturated carbocycles. The zero-order valence-electron chi connectivity index (χ0n) is 20.6. The lowest BCUT2D eigenvalue weighted by Crippen LogP contribution is -2.38. The third-order valence-electron chi connectivity index (χ3n) is 6.74. The summed E-state index contributed by atoms with van der Waals surface area (Å²) in [5.41, 5.74) is 3.75. The molecule has 2 aliphatic rings. The van der Waals surface area contributed by atoms with Crippen molar-refractivity contribution in [2.45, 2.75) is 37.5 Å². The third kappa shape index (κ3) is 4.60. The molecule has 2 aromatic carbocycles. The summed E-state index contributed by atoms with van der Waals surface area (Å²) in [7, 11) is 0.781. The van der Waals surface area contributed by atoms with E-state index >= 15 is 0 Å². The standard InChI is InChI=1S/C26H27FN8OS/c1-16-29-15-30-35(16)23-11-8-18(12-22(23)27)31-26-32-24-20(17-6-4-3-5-7-17)13-34(37(36)19-9-10-19)14-21(24)25(28-2)33-26/h3-8,11-12,15,19-20H,9-10,13-14H2,1-2H3,(H2,28,31,32,33). The van der Waals surface area contributed by atoms with Crippen LogP contribution in [0.15, 0.2) is 54.9 Å². The Morgan fingerprint density at radius 3 is 2.59 bits per heavy atom. The lowest BCUT2D eigenvalue weighted by molar-refractivity contribution is 0.390. The molecule has 1 aliphatic carbocycles. The van der Waals surface area contributed by atoms with Gasteiger partial charge in [0, 0.05) is 42.6 Å². The largest absolute Gasteiger partial charge is 0.373 e. The van der Waals surface area contributed by atoms with Gasteiger partial charge in [-0.15, -0.1) is 0 Å². The van der Waals surface area contributed by atoms with E-state index in [0.717, 1.165) is 29.7 Å². The molecule has 4 aromatic rings. The van der Waals surface area contributed by atoms with E-state index in [-0.39, 0.29) is 11.2 Å². The molecule has 0 bridgehead atoms. The summed E-state index contributed by atoms with van der Waals surface area (Å²) in [6.45, 7) is 2.89. The number of nitrogens with zero attached hydrogens (tertiary/aromatic N) is 6. The lowest BCUT2D eigenvalue weighted by Gasteiger charge is -2.34. The number of aryl methyl sites for hydroxylation is 1. The predicted molar refractivity (Wildman–Crippen MR) is 141 cm³/mol. The van der Waals surface area contributed by atoms with Gasteiger partial charge in [-0.25, -0.2) is 27.6 Å². The van der Waals surface area contributed by atoms with Crippen LogP contribution in [0.25, 0.3) is 5.69 Å². The van der Waals surface area contributed by atoms with Crippen molar-refractivity contribution in [3.05, 3.63) is 83.3 Å². The van der Waals surface area contributed by atoms with Crippen LogP contribution in [0, 0.1) is 12.7 Å². The molecule has 0 radical (unpaired) electrons. The van der Waals surface area contributed by atoms with Gasteiger partial charge in [-0.3, -0.25) is 0 Å². The molecule has 2 aromatic heterocycles. The zero-order chi connectivity index (χ0) is 25.5. The number of nitrogens with one attached hydrogen (secondary N) is 2. The molecule has 2 atom stereocenters. The van der Waals surface area contributed by atoms with Gasteiger partial charge in [0.05, 0.1) is 16.7 Å². The summed E-state index contributed by atoms with van der Waals surface area (Å²) in [5.74, 6) is 1.12. The Morgan fingerprint density at radius 1 is 1.11 bits per heavy atom. The Kier molecular flexibility index (Phi) is 6.17. The van der Waals surface area contributed by atoms with Gasteiger partial charge in [-0.05, 0) is 43.5 Å². The first kappa shape index (κ1) is 23.7. The van der Waals surface area contributed by atoms with Gasteiger partial charge in [0.25, 0.3) is 0 Å². The molecule has 9 nitrogen and oxygen atoms in total. The number of anilines is 3. The lowest BCUT2D eigenvalue weighted by atomic mass is 9.89. The highest BCUT2D eigenvalue weighted by atomic mass is 32.2. The number of fused-ring (bicyclic) bond motifs is 1. The van der Waals surface area contributed by atoms with Crippen molar-refractivity contribution in [2.24, 2.45) is 0 Å². The Labute approximate surface area is 216 Å². The minimum Gasteiger partial charge on any atom is -0.373 e. The van der Waals surface area contributed by atoms with Gasteiger partial charge in [-0.1, -0.05) is 30.3 Å². The molecule has 190 valence electrons. The fourth-order valence-electron chi connectivity index (χ4n) is 4.73. The summed E-state index contributed by atoms with van der Waals surface area (Å²) in [6.07, 6.45) is 3.41. The number of hydrogen-bond acceptors (Lipinski definition) is 7. The van der Waals surface area contributed by atoms with Crippen molar-refractivity contribution < 1.29 is 8.60 Å². The molecular formula is C26H27FN8OS.